The number of carbonyl (C=O) groups excluding carboxylic acids is 1. The van der Waals surface area contributed by atoms with Crippen LogP contribution in [0, 0.1) is 11.7 Å². The number of hydrogen-bond donors (Lipinski definition) is 2. The molecule has 0 aliphatic carbocycles. The van der Waals surface area contributed by atoms with Crippen molar-refractivity contribution in [2.24, 2.45) is 0 Å². The van der Waals surface area contributed by atoms with Gasteiger partial charge in [-0.1, -0.05) is 84.4 Å². The summed E-state index contributed by atoms with van der Waals surface area (Å²) in [6, 6.07) is 29.0. The van der Waals surface area contributed by atoms with Gasteiger partial charge in [0.05, 0.1) is 0 Å². The van der Waals surface area contributed by atoms with Crippen molar-refractivity contribution < 1.29 is 4.79 Å². The number of carbonyl (C=O) groups is 1. The molecule has 2 N–H and O–H groups in total. The second kappa shape index (κ2) is 10.9. The number of aromatic amines is 1. The van der Waals surface area contributed by atoms with E-state index in [4.69, 9.17) is 12.2 Å². The van der Waals surface area contributed by atoms with Crippen LogP contribution >= 0.6 is 12.2 Å². The van der Waals surface area contributed by atoms with E-state index in [2.05, 4.69) is 70.1 Å². The molecule has 1 aromatic heterocycles. The highest BCUT2D eigenvalue weighted by molar-refractivity contribution is 7.71. The predicted octanol–water partition coefficient (Wildman–Crippen LogP) is 5.64. The number of H-pyrrole nitrogens is 1. The van der Waals surface area contributed by atoms with Gasteiger partial charge in [0.25, 0.3) is 0 Å². The third-order valence-electron chi connectivity index (χ3n) is 5.76. The van der Waals surface area contributed by atoms with Gasteiger partial charge in [0.1, 0.15) is 0 Å². The summed E-state index contributed by atoms with van der Waals surface area (Å²) in [7, 11) is 0. The monoisotopic (exact) mass is 456 g/mol. The summed E-state index contributed by atoms with van der Waals surface area (Å²) in [6.07, 6.45) is 1.17. The molecule has 3 aromatic carbocycles. The zero-order valence-electron chi connectivity index (χ0n) is 18.7. The normalized spacial score (nSPS) is 11.0. The second-order valence-corrected chi connectivity index (χ2v) is 8.52. The molecule has 0 atom stereocenters. The van der Waals surface area contributed by atoms with Crippen molar-refractivity contribution in [1.29, 1.82) is 0 Å². The molecule has 6 heteroatoms. The molecule has 0 unspecified atom stereocenters. The average Bonchev–Trinajstić information content (AvgIpc) is 3.22. The average molecular weight is 457 g/mol. The predicted molar refractivity (Wildman–Crippen MR) is 135 cm³/mol. The van der Waals surface area contributed by atoms with Crippen molar-refractivity contribution in [2.75, 3.05) is 6.54 Å². The molecule has 0 fully saturated rings. The van der Waals surface area contributed by atoms with Crippen molar-refractivity contribution in [1.82, 2.24) is 20.1 Å². The number of aryl methyl sites for hydroxylation is 1. The standard InChI is InChI=1S/C27H28N4OS/c1-20-9-8-14-23(19-20)26-29-30-27(33)31(26)18-16-25(32)28-17-15-24(21-10-4-2-5-11-21)22-12-6-3-7-13-22/h2-14,19,24H,15-18H2,1H3,(H,28,32)(H,30,33). The maximum absolute atomic E-state index is 12.6. The zero-order chi connectivity index (χ0) is 23.0. The van der Waals surface area contributed by atoms with Crippen molar-refractivity contribution in [3.05, 3.63) is 106 Å². The summed E-state index contributed by atoms with van der Waals surface area (Å²) in [5.41, 5.74) is 4.64. The maximum atomic E-state index is 12.6. The lowest BCUT2D eigenvalue weighted by molar-refractivity contribution is -0.121. The van der Waals surface area contributed by atoms with Gasteiger partial charge in [-0.3, -0.25) is 14.5 Å². The second-order valence-electron chi connectivity index (χ2n) is 8.14. The summed E-state index contributed by atoms with van der Waals surface area (Å²) in [4.78, 5) is 12.6. The van der Waals surface area contributed by atoms with Crippen LogP contribution in [0.2, 0.25) is 0 Å². The van der Waals surface area contributed by atoms with Crippen LogP contribution in [0.3, 0.4) is 0 Å². The van der Waals surface area contributed by atoms with Gasteiger partial charge in [-0.15, -0.1) is 0 Å². The van der Waals surface area contributed by atoms with Gasteiger partial charge in [0.2, 0.25) is 5.91 Å². The minimum Gasteiger partial charge on any atom is -0.356 e. The lowest BCUT2D eigenvalue weighted by Gasteiger charge is -2.18. The quantitative estimate of drug-likeness (QED) is 0.320. The van der Waals surface area contributed by atoms with E-state index in [1.807, 2.05) is 41.8 Å². The fourth-order valence-electron chi connectivity index (χ4n) is 4.08. The number of aromatic nitrogens is 3. The SMILES string of the molecule is Cc1cccc(-c2n[nH]c(=S)n2CCC(=O)NCCC(c2ccccc2)c2ccccc2)c1. The lowest BCUT2D eigenvalue weighted by Crippen LogP contribution is -2.26. The molecule has 0 spiro atoms. The number of benzene rings is 3. The molecule has 0 aliphatic rings. The van der Waals surface area contributed by atoms with Gasteiger partial charge >= 0.3 is 0 Å². The molecule has 0 radical (unpaired) electrons. The van der Waals surface area contributed by atoms with Crippen LogP contribution in [0.1, 0.15) is 35.4 Å². The number of nitrogens with zero attached hydrogens (tertiary/aromatic N) is 2. The third kappa shape index (κ3) is 5.84. The van der Waals surface area contributed by atoms with Gasteiger partial charge in [-0.05, 0) is 42.8 Å². The Morgan fingerprint density at radius 1 is 1.00 bits per heavy atom. The molecule has 0 bridgehead atoms. The highest BCUT2D eigenvalue weighted by Gasteiger charge is 2.15. The summed E-state index contributed by atoms with van der Waals surface area (Å²) in [6.45, 7) is 3.13. The molecule has 0 saturated heterocycles. The van der Waals surface area contributed by atoms with Crippen LogP contribution < -0.4 is 5.32 Å². The number of rotatable bonds is 9. The molecule has 33 heavy (non-hydrogen) atoms. The minimum atomic E-state index is 0.00756. The van der Waals surface area contributed by atoms with Gasteiger partial charge in [-0.25, -0.2) is 0 Å². The van der Waals surface area contributed by atoms with E-state index in [1.54, 1.807) is 0 Å². The Labute approximate surface area is 199 Å². The van der Waals surface area contributed by atoms with Crippen molar-refractivity contribution in [3.63, 3.8) is 0 Å². The Bertz CT molecular complexity index is 1210. The first-order chi connectivity index (χ1) is 16.1. The highest BCUT2D eigenvalue weighted by atomic mass is 32.1. The molecular weight excluding hydrogens is 428 g/mol. The Balaban J connectivity index is 1.36. The van der Waals surface area contributed by atoms with Gasteiger partial charge in [0.15, 0.2) is 10.6 Å². The summed E-state index contributed by atoms with van der Waals surface area (Å²) < 4.78 is 2.41. The van der Waals surface area contributed by atoms with E-state index in [0.717, 1.165) is 23.4 Å². The molecule has 0 saturated carbocycles. The van der Waals surface area contributed by atoms with Crippen molar-refractivity contribution in [2.45, 2.75) is 32.2 Å². The first kappa shape index (κ1) is 22.7. The van der Waals surface area contributed by atoms with E-state index in [1.165, 1.54) is 11.1 Å². The molecule has 5 nitrogen and oxygen atoms in total. The fourth-order valence-corrected chi connectivity index (χ4v) is 4.31. The first-order valence-corrected chi connectivity index (χ1v) is 11.6. The molecule has 4 aromatic rings. The minimum absolute atomic E-state index is 0.00756. The van der Waals surface area contributed by atoms with Gasteiger partial charge in [0, 0.05) is 31.0 Å². The van der Waals surface area contributed by atoms with E-state index in [-0.39, 0.29) is 11.8 Å². The molecule has 4 rings (SSSR count). The number of hydrogen-bond acceptors (Lipinski definition) is 3. The van der Waals surface area contributed by atoms with Crippen molar-refractivity contribution in [3.8, 4) is 11.4 Å². The topological polar surface area (TPSA) is 62.7 Å². The van der Waals surface area contributed by atoms with Crippen LogP contribution in [0.5, 0.6) is 0 Å². The van der Waals surface area contributed by atoms with Crippen molar-refractivity contribution >= 4 is 18.1 Å². The lowest BCUT2D eigenvalue weighted by atomic mass is 9.88. The third-order valence-corrected chi connectivity index (χ3v) is 6.07. The Hall–Kier alpha value is -3.51. The van der Waals surface area contributed by atoms with Gasteiger partial charge < -0.3 is 5.32 Å². The van der Waals surface area contributed by atoms with E-state index >= 15 is 0 Å². The number of amides is 1. The molecule has 0 aliphatic heterocycles. The van der Waals surface area contributed by atoms with E-state index < -0.39 is 0 Å². The van der Waals surface area contributed by atoms with Crippen LogP contribution in [0.15, 0.2) is 84.9 Å². The van der Waals surface area contributed by atoms with Gasteiger partial charge in [-0.2, -0.15) is 5.10 Å². The molecule has 1 amide bonds. The Kier molecular flexibility index (Phi) is 7.47. The van der Waals surface area contributed by atoms with Crippen LogP contribution in [0.4, 0.5) is 0 Å². The highest BCUT2D eigenvalue weighted by Crippen LogP contribution is 2.27. The Morgan fingerprint density at radius 2 is 1.67 bits per heavy atom. The molecular formula is C27H28N4OS. The zero-order valence-corrected chi connectivity index (χ0v) is 19.5. The number of nitrogens with one attached hydrogen (secondary N) is 2. The van der Waals surface area contributed by atoms with Crippen LogP contribution in [-0.4, -0.2) is 27.2 Å². The van der Waals surface area contributed by atoms with E-state index in [9.17, 15) is 4.79 Å². The van der Waals surface area contributed by atoms with E-state index in [0.29, 0.717) is 24.3 Å². The largest absolute Gasteiger partial charge is 0.356 e. The Morgan fingerprint density at radius 3 is 2.30 bits per heavy atom. The molecule has 1 heterocycles. The van der Waals surface area contributed by atoms with Crippen LogP contribution in [-0.2, 0) is 11.3 Å². The summed E-state index contributed by atoms with van der Waals surface area (Å²) >= 11 is 5.40. The molecule has 168 valence electrons. The smallest absolute Gasteiger partial charge is 0.221 e. The summed E-state index contributed by atoms with van der Waals surface area (Å²) in [5.74, 6) is 1.00. The fraction of sp³-hybridized carbons (Fsp3) is 0.222. The van der Waals surface area contributed by atoms with Crippen LogP contribution in [0.25, 0.3) is 11.4 Å². The maximum Gasteiger partial charge on any atom is 0.221 e. The summed E-state index contributed by atoms with van der Waals surface area (Å²) in [5, 5.41) is 10.3. The first-order valence-electron chi connectivity index (χ1n) is 11.2.